The maximum atomic E-state index is 13.0. The number of carbonyl (C=O) groups is 1. The van der Waals surface area contributed by atoms with Crippen molar-refractivity contribution in [3.63, 3.8) is 0 Å². The van der Waals surface area contributed by atoms with Crippen molar-refractivity contribution in [2.75, 3.05) is 22.9 Å². The van der Waals surface area contributed by atoms with Crippen molar-refractivity contribution in [1.29, 1.82) is 0 Å². The van der Waals surface area contributed by atoms with Gasteiger partial charge in [-0.1, -0.05) is 23.7 Å². The zero-order chi connectivity index (χ0) is 17.5. The molecule has 1 aliphatic rings. The summed E-state index contributed by atoms with van der Waals surface area (Å²) in [5.41, 5.74) is 1.78. The first-order valence-electron chi connectivity index (χ1n) is 7.09. The Kier molecular flexibility index (Phi) is 4.50. The first kappa shape index (κ1) is 17.1. The van der Waals surface area contributed by atoms with E-state index in [9.17, 15) is 13.2 Å². The molecular weight excluding hydrogens is 368 g/mol. The molecule has 0 aliphatic carbocycles. The van der Waals surface area contributed by atoms with Crippen molar-refractivity contribution in [3.8, 4) is 0 Å². The van der Waals surface area contributed by atoms with Crippen LogP contribution in [0, 0.1) is 0 Å². The number of sulfonamides is 1. The van der Waals surface area contributed by atoms with Crippen LogP contribution in [0.2, 0.25) is 5.02 Å². The minimum absolute atomic E-state index is 0.00202. The summed E-state index contributed by atoms with van der Waals surface area (Å²) in [6, 6.07) is 10.2. The molecule has 0 saturated heterocycles. The molecular formula is C16H15ClN2O3S2. The van der Waals surface area contributed by atoms with E-state index < -0.39 is 10.0 Å². The van der Waals surface area contributed by atoms with Crippen LogP contribution in [-0.4, -0.2) is 27.6 Å². The third-order valence-corrected chi connectivity index (χ3v) is 6.87. The molecule has 0 aromatic heterocycles. The average Bonchev–Trinajstić information content (AvgIpc) is 2.92. The van der Waals surface area contributed by atoms with Crippen LogP contribution in [0.3, 0.4) is 0 Å². The average molecular weight is 383 g/mol. The van der Waals surface area contributed by atoms with Gasteiger partial charge in [0.15, 0.2) is 0 Å². The molecule has 0 radical (unpaired) electrons. The quantitative estimate of drug-likeness (QED) is 0.823. The van der Waals surface area contributed by atoms with E-state index >= 15 is 0 Å². The van der Waals surface area contributed by atoms with Crippen molar-refractivity contribution >= 4 is 50.7 Å². The molecule has 126 valence electrons. The number of anilines is 2. The molecule has 1 amide bonds. The second kappa shape index (κ2) is 6.31. The van der Waals surface area contributed by atoms with E-state index in [1.165, 1.54) is 35.2 Å². The van der Waals surface area contributed by atoms with Gasteiger partial charge in [-0.25, -0.2) is 8.42 Å². The zero-order valence-electron chi connectivity index (χ0n) is 13.0. The Balaban J connectivity index is 2.08. The first-order valence-corrected chi connectivity index (χ1v) is 10.1. The third-order valence-electron chi connectivity index (χ3n) is 3.85. The molecule has 2 aromatic rings. The summed E-state index contributed by atoms with van der Waals surface area (Å²) in [5, 5.41) is 2.75. The standard InChI is InChI=1S/C16H15ClN2O3S2/c1-19(13-5-3-4-6-14(13)23-2)24(21,22)15-7-10-8-16(20)18-12(10)9-11(15)17/h3-7,9H,8H2,1-2H3,(H,18,20). The number of thioether (sulfide) groups is 1. The third kappa shape index (κ3) is 2.87. The van der Waals surface area contributed by atoms with E-state index in [0.29, 0.717) is 16.9 Å². The molecule has 5 nitrogen and oxygen atoms in total. The number of carbonyl (C=O) groups excluding carboxylic acids is 1. The molecule has 0 spiro atoms. The number of amides is 1. The summed E-state index contributed by atoms with van der Waals surface area (Å²) in [5.74, 6) is -0.170. The van der Waals surface area contributed by atoms with Gasteiger partial charge >= 0.3 is 0 Å². The SMILES string of the molecule is CSc1ccccc1N(C)S(=O)(=O)c1cc2c(cc1Cl)NC(=O)C2. The fourth-order valence-electron chi connectivity index (χ4n) is 2.59. The Morgan fingerprint density at radius 2 is 1.96 bits per heavy atom. The molecule has 0 fully saturated rings. The largest absolute Gasteiger partial charge is 0.325 e. The topological polar surface area (TPSA) is 66.5 Å². The Labute approximate surface area is 150 Å². The number of hydrogen-bond donors (Lipinski definition) is 1. The lowest BCUT2D eigenvalue weighted by molar-refractivity contribution is -0.115. The number of nitrogens with zero attached hydrogens (tertiary/aromatic N) is 1. The van der Waals surface area contributed by atoms with Crippen LogP contribution in [0.25, 0.3) is 0 Å². The number of benzene rings is 2. The molecule has 8 heteroatoms. The summed E-state index contributed by atoms with van der Waals surface area (Å²) in [4.78, 5) is 12.3. The molecule has 0 bridgehead atoms. The normalized spacial score (nSPS) is 13.5. The van der Waals surface area contributed by atoms with Gasteiger partial charge in [0, 0.05) is 17.6 Å². The summed E-state index contributed by atoms with van der Waals surface area (Å²) in [6.45, 7) is 0. The van der Waals surface area contributed by atoms with E-state index in [1.807, 2.05) is 18.4 Å². The van der Waals surface area contributed by atoms with Gasteiger partial charge in [-0.3, -0.25) is 9.10 Å². The highest BCUT2D eigenvalue weighted by atomic mass is 35.5. The van der Waals surface area contributed by atoms with Crippen LogP contribution in [-0.2, 0) is 21.2 Å². The summed E-state index contributed by atoms with van der Waals surface area (Å²) in [7, 11) is -2.35. The highest BCUT2D eigenvalue weighted by Crippen LogP contribution is 2.36. The van der Waals surface area contributed by atoms with Crippen LogP contribution in [0.5, 0.6) is 0 Å². The van der Waals surface area contributed by atoms with Gasteiger partial charge < -0.3 is 5.32 Å². The smallest absolute Gasteiger partial charge is 0.265 e. The van der Waals surface area contributed by atoms with Gasteiger partial charge in [-0.2, -0.15) is 0 Å². The van der Waals surface area contributed by atoms with E-state index in [-0.39, 0.29) is 22.2 Å². The molecule has 0 saturated carbocycles. The monoisotopic (exact) mass is 382 g/mol. The van der Waals surface area contributed by atoms with Crippen LogP contribution in [0.1, 0.15) is 5.56 Å². The van der Waals surface area contributed by atoms with E-state index in [2.05, 4.69) is 5.32 Å². The Morgan fingerprint density at radius 1 is 1.25 bits per heavy atom. The zero-order valence-corrected chi connectivity index (χ0v) is 15.4. The fourth-order valence-corrected chi connectivity index (χ4v) is 5.04. The van der Waals surface area contributed by atoms with Crippen LogP contribution in [0.15, 0.2) is 46.2 Å². The Morgan fingerprint density at radius 3 is 2.67 bits per heavy atom. The number of halogens is 1. The van der Waals surface area contributed by atoms with Crippen LogP contribution in [0.4, 0.5) is 11.4 Å². The fraction of sp³-hybridized carbons (Fsp3) is 0.188. The Bertz CT molecular complexity index is 929. The van der Waals surface area contributed by atoms with Gasteiger partial charge in [0.05, 0.1) is 17.1 Å². The minimum atomic E-state index is -3.85. The van der Waals surface area contributed by atoms with Gasteiger partial charge in [0.2, 0.25) is 5.91 Å². The lowest BCUT2D eigenvalue weighted by Crippen LogP contribution is -2.27. The molecule has 0 unspecified atom stereocenters. The number of para-hydroxylation sites is 1. The van der Waals surface area contributed by atoms with Crippen molar-refractivity contribution in [2.24, 2.45) is 0 Å². The second-order valence-electron chi connectivity index (χ2n) is 5.31. The van der Waals surface area contributed by atoms with Crippen molar-refractivity contribution in [3.05, 3.63) is 47.0 Å². The maximum Gasteiger partial charge on any atom is 0.265 e. The van der Waals surface area contributed by atoms with Crippen LogP contribution >= 0.6 is 23.4 Å². The number of rotatable bonds is 4. The molecule has 24 heavy (non-hydrogen) atoms. The number of fused-ring (bicyclic) bond motifs is 1. The molecule has 0 atom stereocenters. The number of hydrogen-bond acceptors (Lipinski definition) is 4. The van der Waals surface area contributed by atoms with E-state index in [0.717, 1.165) is 4.90 Å². The highest BCUT2D eigenvalue weighted by Gasteiger charge is 2.29. The van der Waals surface area contributed by atoms with E-state index in [4.69, 9.17) is 11.6 Å². The predicted octanol–water partition coefficient (Wildman–Crippen LogP) is 3.38. The highest BCUT2D eigenvalue weighted by molar-refractivity contribution is 7.99. The minimum Gasteiger partial charge on any atom is -0.325 e. The molecule has 2 aromatic carbocycles. The summed E-state index contributed by atoms with van der Waals surface area (Å²) >= 11 is 7.65. The van der Waals surface area contributed by atoms with Crippen molar-refractivity contribution in [1.82, 2.24) is 0 Å². The van der Waals surface area contributed by atoms with Crippen molar-refractivity contribution in [2.45, 2.75) is 16.2 Å². The lowest BCUT2D eigenvalue weighted by atomic mass is 10.2. The lowest BCUT2D eigenvalue weighted by Gasteiger charge is -2.22. The summed E-state index contributed by atoms with van der Waals surface area (Å²) in [6.07, 6.45) is 2.04. The first-order chi connectivity index (χ1) is 11.3. The molecule has 1 heterocycles. The van der Waals surface area contributed by atoms with Gasteiger partial charge in [-0.05, 0) is 36.1 Å². The second-order valence-corrected chi connectivity index (χ2v) is 8.50. The van der Waals surface area contributed by atoms with Crippen molar-refractivity contribution < 1.29 is 13.2 Å². The predicted molar refractivity (Wildman–Crippen MR) is 97.6 cm³/mol. The molecule has 3 rings (SSSR count). The van der Waals surface area contributed by atoms with Crippen LogP contribution < -0.4 is 9.62 Å². The Hall–Kier alpha value is -1.70. The molecule has 1 N–H and O–H groups in total. The van der Waals surface area contributed by atoms with Gasteiger partial charge in [-0.15, -0.1) is 11.8 Å². The molecule has 1 aliphatic heterocycles. The summed E-state index contributed by atoms with van der Waals surface area (Å²) < 4.78 is 27.3. The van der Waals surface area contributed by atoms with Gasteiger partial charge in [0.25, 0.3) is 10.0 Å². The van der Waals surface area contributed by atoms with E-state index in [1.54, 1.807) is 12.1 Å². The maximum absolute atomic E-state index is 13.0. The van der Waals surface area contributed by atoms with Gasteiger partial charge in [0.1, 0.15) is 4.90 Å². The number of nitrogens with one attached hydrogen (secondary N) is 1.